The van der Waals surface area contributed by atoms with Crippen molar-refractivity contribution in [3.8, 4) is 11.6 Å². The first-order valence-corrected chi connectivity index (χ1v) is 9.77. The third-order valence-electron chi connectivity index (χ3n) is 4.81. The lowest BCUT2D eigenvalue weighted by Crippen LogP contribution is -2.14. The minimum Gasteiger partial charge on any atom is -0.473 e. The summed E-state index contributed by atoms with van der Waals surface area (Å²) in [5.41, 5.74) is 3.99. The Kier molecular flexibility index (Phi) is 5.75. The molecule has 7 heteroatoms. The van der Waals surface area contributed by atoms with E-state index in [0.717, 1.165) is 5.56 Å². The summed E-state index contributed by atoms with van der Waals surface area (Å²) in [5.74, 6) is -0.145. The number of hydrogen-bond donors (Lipinski definition) is 1. The van der Waals surface area contributed by atoms with Crippen LogP contribution in [-0.4, -0.2) is 20.7 Å². The fourth-order valence-electron chi connectivity index (χ4n) is 3.27. The molecule has 2 heterocycles. The molecule has 0 fully saturated rings. The van der Waals surface area contributed by atoms with Crippen LogP contribution in [0.1, 0.15) is 27.3 Å². The number of anilines is 1. The fraction of sp³-hybridized carbons (Fsp3) is 0.125. The molecule has 0 radical (unpaired) electrons. The predicted molar refractivity (Wildman–Crippen MR) is 116 cm³/mol. The van der Waals surface area contributed by atoms with E-state index in [2.05, 4.69) is 15.4 Å². The molecule has 4 aromatic rings. The Hall–Kier alpha value is -4.00. The quantitative estimate of drug-likeness (QED) is 0.488. The van der Waals surface area contributed by atoms with Gasteiger partial charge in [-0.2, -0.15) is 5.10 Å². The molecule has 0 spiro atoms. The average molecular weight is 416 g/mol. The molecule has 31 heavy (non-hydrogen) atoms. The molecule has 156 valence electrons. The van der Waals surface area contributed by atoms with Crippen LogP contribution in [-0.2, 0) is 6.61 Å². The smallest absolute Gasteiger partial charge is 0.259 e. The lowest BCUT2D eigenvalue weighted by molar-refractivity contribution is 0.102. The molecule has 0 aliphatic carbocycles. The van der Waals surface area contributed by atoms with E-state index < -0.39 is 0 Å². The zero-order chi connectivity index (χ0) is 21.8. The van der Waals surface area contributed by atoms with Gasteiger partial charge in [-0.25, -0.2) is 14.1 Å². The maximum absolute atomic E-state index is 13.2. The lowest BCUT2D eigenvalue weighted by atomic mass is 10.2. The second kappa shape index (κ2) is 8.79. The second-order valence-corrected chi connectivity index (χ2v) is 7.05. The van der Waals surface area contributed by atoms with E-state index in [0.29, 0.717) is 40.8 Å². The largest absolute Gasteiger partial charge is 0.473 e. The van der Waals surface area contributed by atoms with Gasteiger partial charge in [-0.05, 0) is 49.7 Å². The maximum atomic E-state index is 13.2. The number of amides is 1. The van der Waals surface area contributed by atoms with Crippen LogP contribution in [0.15, 0.2) is 72.9 Å². The lowest BCUT2D eigenvalue weighted by Gasteiger charge is -2.08. The highest BCUT2D eigenvalue weighted by Gasteiger charge is 2.19. The summed E-state index contributed by atoms with van der Waals surface area (Å²) in [6.07, 6.45) is 1.55. The second-order valence-electron chi connectivity index (χ2n) is 7.05. The molecule has 0 bridgehead atoms. The van der Waals surface area contributed by atoms with Crippen LogP contribution in [0.4, 0.5) is 10.1 Å². The topological polar surface area (TPSA) is 69.0 Å². The Balaban J connectivity index is 1.45. The van der Waals surface area contributed by atoms with Gasteiger partial charge in [0.05, 0.1) is 34.5 Å². The third-order valence-corrected chi connectivity index (χ3v) is 4.81. The molecular weight excluding hydrogens is 395 g/mol. The Morgan fingerprint density at radius 1 is 1.03 bits per heavy atom. The first-order chi connectivity index (χ1) is 15.0. The number of carbonyl (C=O) groups is 1. The van der Waals surface area contributed by atoms with Gasteiger partial charge < -0.3 is 10.1 Å². The van der Waals surface area contributed by atoms with Crippen LogP contribution in [0.3, 0.4) is 0 Å². The predicted octanol–water partition coefficient (Wildman–Crippen LogP) is 4.85. The summed E-state index contributed by atoms with van der Waals surface area (Å²) in [6, 6.07) is 19.2. The summed E-state index contributed by atoms with van der Waals surface area (Å²) in [7, 11) is 0. The summed E-state index contributed by atoms with van der Waals surface area (Å²) in [6.45, 7) is 3.98. The Bertz CT molecular complexity index is 1190. The van der Waals surface area contributed by atoms with Crippen molar-refractivity contribution in [2.24, 2.45) is 0 Å². The summed E-state index contributed by atoms with van der Waals surface area (Å²) in [4.78, 5) is 17.1. The van der Waals surface area contributed by atoms with Gasteiger partial charge >= 0.3 is 0 Å². The Morgan fingerprint density at radius 3 is 2.45 bits per heavy atom. The molecule has 0 aliphatic rings. The summed E-state index contributed by atoms with van der Waals surface area (Å²) in [5, 5.41) is 7.28. The van der Waals surface area contributed by atoms with Crippen molar-refractivity contribution >= 4 is 11.6 Å². The van der Waals surface area contributed by atoms with Crippen molar-refractivity contribution in [1.82, 2.24) is 14.8 Å². The molecule has 2 aromatic heterocycles. The molecule has 2 aromatic carbocycles. The van der Waals surface area contributed by atoms with Gasteiger partial charge in [0.2, 0.25) is 5.88 Å². The van der Waals surface area contributed by atoms with Crippen molar-refractivity contribution in [1.29, 1.82) is 0 Å². The number of halogens is 1. The molecule has 6 nitrogen and oxygen atoms in total. The van der Waals surface area contributed by atoms with E-state index in [-0.39, 0.29) is 11.7 Å². The molecule has 0 unspecified atom stereocenters. The number of nitrogens with zero attached hydrogens (tertiary/aromatic N) is 3. The first-order valence-electron chi connectivity index (χ1n) is 9.77. The number of aryl methyl sites for hydroxylation is 1. The Morgan fingerprint density at radius 2 is 1.77 bits per heavy atom. The maximum Gasteiger partial charge on any atom is 0.259 e. The molecule has 0 aliphatic heterocycles. The summed E-state index contributed by atoms with van der Waals surface area (Å²) >= 11 is 0. The van der Waals surface area contributed by atoms with Gasteiger partial charge in [0.15, 0.2) is 0 Å². The van der Waals surface area contributed by atoms with Crippen molar-refractivity contribution in [3.05, 3.63) is 101 Å². The first kappa shape index (κ1) is 20.3. The number of pyridine rings is 1. The number of ether oxygens (including phenoxy) is 1. The molecule has 0 atom stereocenters. The number of nitrogens with one attached hydrogen (secondary N) is 1. The van der Waals surface area contributed by atoms with E-state index in [9.17, 15) is 9.18 Å². The SMILES string of the molecule is Cc1nn(-c2ccc(F)cc2)c(C)c1C(=O)Nc1ccc(OCc2ccccc2)nc1. The van der Waals surface area contributed by atoms with Crippen LogP contribution in [0, 0.1) is 19.7 Å². The van der Waals surface area contributed by atoms with Gasteiger partial charge in [-0.1, -0.05) is 30.3 Å². The molecule has 4 rings (SSSR count). The minimum absolute atomic E-state index is 0.289. The molecule has 1 N–H and O–H groups in total. The zero-order valence-electron chi connectivity index (χ0n) is 17.2. The van der Waals surface area contributed by atoms with Gasteiger partial charge in [-0.3, -0.25) is 4.79 Å². The minimum atomic E-state index is -0.327. The monoisotopic (exact) mass is 416 g/mol. The molecular formula is C24H21FN4O2. The highest BCUT2D eigenvalue weighted by Crippen LogP contribution is 2.20. The van der Waals surface area contributed by atoms with E-state index in [1.54, 1.807) is 49.0 Å². The molecule has 1 amide bonds. The number of rotatable bonds is 6. The standard InChI is InChI=1S/C24H21FN4O2/c1-16-23(17(2)29(28-16)21-11-8-19(25)9-12-21)24(30)27-20-10-13-22(26-14-20)31-15-18-6-4-3-5-7-18/h3-14H,15H2,1-2H3,(H,27,30). The number of carbonyl (C=O) groups excluding carboxylic acids is 1. The highest BCUT2D eigenvalue weighted by molar-refractivity contribution is 6.05. The van der Waals surface area contributed by atoms with E-state index in [1.165, 1.54) is 12.1 Å². The van der Waals surface area contributed by atoms with Crippen LogP contribution >= 0.6 is 0 Å². The summed E-state index contributed by atoms with van der Waals surface area (Å²) < 4.78 is 20.5. The highest BCUT2D eigenvalue weighted by atomic mass is 19.1. The van der Waals surface area contributed by atoms with Crippen molar-refractivity contribution < 1.29 is 13.9 Å². The number of hydrogen-bond acceptors (Lipinski definition) is 4. The van der Waals surface area contributed by atoms with E-state index in [1.807, 2.05) is 30.3 Å². The molecule has 0 saturated heterocycles. The van der Waals surface area contributed by atoms with Gasteiger partial charge in [0.25, 0.3) is 5.91 Å². The van der Waals surface area contributed by atoms with Crippen molar-refractivity contribution in [2.45, 2.75) is 20.5 Å². The third kappa shape index (κ3) is 4.61. The normalized spacial score (nSPS) is 10.7. The Labute approximate surface area is 179 Å². The number of aromatic nitrogens is 3. The number of benzene rings is 2. The molecule has 0 saturated carbocycles. The fourth-order valence-corrected chi connectivity index (χ4v) is 3.27. The average Bonchev–Trinajstić information content (AvgIpc) is 3.08. The van der Waals surface area contributed by atoms with E-state index >= 15 is 0 Å². The van der Waals surface area contributed by atoms with Crippen LogP contribution in [0.2, 0.25) is 0 Å². The zero-order valence-corrected chi connectivity index (χ0v) is 17.2. The van der Waals surface area contributed by atoms with Gasteiger partial charge in [0.1, 0.15) is 12.4 Å². The van der Waals surface area contributed by atoms with Gasteiger partial charge in [-0.15, -0.1) is 0 Å². The van der Waals surface area contributed by atoms with Crippen molar-refractivity contribution in [2.75, 3.05) is 5.32 Å². The van der Waals surface area contributed by atoms with Gasteiger partial charge in [0, 0.05) is 6.07 Å². The van der Waals surface area contributed by atoms with Crippen LogP contribution in [0.25, 0.3) is 5.69 Å². The van der Waals surface area contributed by atoms with Crippen LogP contribution in [0.5, 0.6) is 5.88 Å². The van der Waals surface area contributed by atoms with E-state index in [4.69, 9.17) is 4.74 Å². The van der Waals surface area contributed by atoms with Crippen LogP contribution < -0.4 is 10.1 Å². The van der Waals surface area contributed by atoms with Crippen molar-refractivity contribution in [3.63, 3.8) is 0 Å².